The lowest BCUT2D eigenvalue weighted by atomic mass is 10.1. The van der Waals surface area contributed by atoms with Crippen molar-refractivity contribution >= 4 is 33.2 Å². The zero-order valence-electron chi connectivity index (χ0n) is 11.1. The molecule has 3 rings (SSSR count). The Labute approximate surface area is 134 Å². The van der Waals surface area contributed by atoms with Crippen LogP contribution in [0.4, 0.5) is 5.69 Å². The highest BCUT2D eigenvalue weighted by molar-refractivity contribution is 9.10. The number of nitrogen functional groups attached to an aromatic ring is 1. The minimum atomic E-state index is 0.578. The molecule has 0 fully saturated rings. The van der Waals surface area contributed by atoms with Gasteiger partial charge < -0.3 is 5.73 Å². The summed E-state index contributed by atoms with van der Waals surface area (Å²) in [4.78, 5) is 0. The number of hydrogen-bond acceptors (Lipinski definition) is 4. The second-order valence-corrected chi connectivity index (χ2v) is 5.81. The zero-order valence-corrected chi connectivity index (χ0v) is 13.4. The normalized spacial score (nSPS) is 10.8. The second kappa shape index (κ2) is 5.46. The van der Waals surface area contributed by atoms with Gasteiger partial charge in [-0.25, -0.2) is 0 Å². The summed E-state index contributed by atoms with van der Waals surface area (Å²) in [6, 6.07) is 11.3. The highest BCUT2D eigenvalue weighted by atomic mass is 79.9. The first-order valence-electron chi connectivity index (χ1n) is 6.17. The third-order valence-electron chi connectivity index (χ3n) is 3.18. The van der Waals surface area contributed by atoms with Gasteiger partial charge in [0.05, 0.1) is 10.7 Å². The van der Waals surface area contributed by atoms with Crippen LogP contribution < -0.4 is 5.73 Å². The fourth-order valence-electron chi connectivity index (χ4n) is 2.02. The van der Waals surface area contributed by atoms with E-state index in [4.69, 9.17) is 17.3 Å². The number of tetrazole rings is 1. The molecule has 106 valence electrons. The minimum absolute atomic E-state index is 0.578. The summed E-state index contributed by atoms with van der Waals surface area (Å²) in [6.45, 7) is 1.95. The standard InChI is InChI=1S/C14H11BrClN5/c1-8-3-2-4-10(13(8)17)14-18-19-20-21(14)9-5-6-11(15)12(16)7-9/h2-7H,17H2,1H3. The van der Waals surface area contributed by atoms with Crippen molar-refractivity contribution in [2.75, 3.05) is 5.73 Å². The van der Waals surface area contributed by atoms with Gasteiger partial charge in [-0.2, -0.15) is 4.68 Å². The molecule has 0 amide bonds. The molecule has 0 saturated carbocycles. The molecule has 0 atom stereocenters. The molecule has 0 aliphatic rings. The number of halogens is 2. The maximum Gasteiger partial charge on any atom is 0.189 e. The molecule has 0 radical (unpaired) electrons. The average molecular weight is 365 g/mol. The van der Waals surface area contributed by atoms with Crippen LogP contribution in [-0.4, -0.2) is 20.2 Å². The summed E-state index contributed by atoms with van der Waals surface area (Å²) in [7, 11) is 0. The Morgan fingerprint density at radius 2 is 2.05 bits per heavy atom. The SMILES string of the molecule is Cc1cccc(-c2nnnn2-c2ccc(Br)c(Cl)c2)c1N. The van der Waals surface area contributed by atoms with Crippen LogP contribution in [0.3, 0.4) is 0 Å². The first kappa shape index (κ1) is 14.0. The maximum absolute atomic E-state index is 6.13. The van der Waals surface area contributed by atoms with Crippen LogP contribution in [-0.2, 0) is 0 Å². The van der Waals surface area contributed by atoms with E-state index in [0.29, 0.717) is 16.5 Å². The van der Waals surface area contributed by atoms with Gasteiger partial charge in [0.15, 0.2) is 5.82 Å². The Kier molecular flexibility index (Phi) is 3.65. The highest BCUT2D eigenvalue weighted by Gasteiger charge is 2.15. The van der Waals surface area contributed by atoms with Gasteiger partial charge in [0.1, 0.15) is 0 Å². The number of para-hydroxylation sites is 1. The monoisotopic (exact) mass is 363 g/mol. The molecule has 0 saturated heterocycles. The lowest BCUT2D eigenvalue weighted by Crippen LogP contribution is -2.02. The number of anilines is 1. The molecule has 0 aliphatic heterocycles. The van der Waals surface area contributed by atoms with E-state index in [1.54, 1.807) is 10.7 Å². The van der Waals surface area contributed by atoms with Crippen LogP contribution in [0.1, 0.15) is 5.56 Å². The Morgan fingerprint density at radius 1 is 1.24 bits per heavy atom. The third kappa shape index (κ3) is 2.52. The molecule has 0 aliphatic carbocycles. The van der Waals surface area contributed by atoms with Gasteiger partial charge in [-0.05, 0) is 63.1 Å². The van der Waals surface area contributed by atoms with E-state index < -0.39 is 0 Å². The molecular weight excluding hydrogens is 354 g/mol. The van der Waals surface area contributed by atoms with E-state index in [-0.39, 0.29) is 0 Å². The number of nitrogens with two attached hydrogens (primary N) is 1. The van der Waals surface area contributed by atoms with Gasteiger partial charge in [0.25, 0.3) is 0 Å². The molecule has 2 aromatic carbocycles. The number of hydrogen-bond donors (Lipinski definition) is 1. The zero-order chi connectivity index (χ0) is 15.0. The molecule has 0 unspecified atom stereocenters. The maximum atomic E-state index is 6.13. The Morgan fingerprint density at radius 3 is 2.81 bits per heavy atom. The van der Waals surface area contributed by atoms with Crippen molar-refractivity contribution in [3.63, 3.8) is 0 Å². The number of rotatable bonds is 2. The summed E-state index contributed by atoms with van der Waals surface area (Å²) < 4.78 is 2.43. The molecule has 2 N–H and O–H groups in total. The fourth-order valence-corrected chi connectivity index (χ4v) is 2.44. The second-order valence-electron chi connectivity index (χ2n) is 4.55. The largest absolute Gasteiger partial charge is 0.398 e. The Hall–Kier alpha value is -1.92. The summed E-state index contributed by atoms with van der Waals surface area (Å²) in [5, 5.41) is 12.5. The molecule has 5 nitrogen and oxygen atoms in total. The molecule has 7 heteroatoms. The van der Waals surface area contributed by atoms with Crippen LogP contribution >= 0.6 is 27.5 Å². The van der Waals surface area contributed by atoms with E-state index in [2.05, 4.69) is 31.5 Å². The average Bonchev–Trinajstić information content (AvgIpc) is 2.94. The van der Waals surface area contributed by atoms with Crippen LogP contribution in [0.15, 0.2) is 40.9 Å². The lowest BCUT2D eigenvalue weighted by Gasteiger charge is -2.09. The topological polar surface area (TPSA) is 69.6 Å². The molecular formula is C14H11BrClN5. The predicted molar refractivity (Wildman–Crippen MR) is 86.4 cm³/mol. The van der Waals surface area contributed by atoms with Gasteiger partial charge in [-0.3, -0.25) is 0 Å². The van der Waals surface area contributed by atoms with Crippen molar-refractivity contribution in [3.05, 3.63) is 51.5 Å². The Balaban J connectivity index is 2.17. The van der Waals surface area contributed by atoms with Gasteiger partial charge in [0, 0.05) is 15.7 Å². The van der Waals surface area contributed by atoms with Gasteiger partial charge in [0.2, 0.25) is 0 Å². The molecule has 1 aromatic heterocycles. The van der Waals surface area contributed by atoms with E-state index in [1.807, 2.05) is 37.3 Å². The summed E-state index contributed by atoms with van der Waals surface area (Å²) >= 11 is 9.50. The predicted octanol–water partition coefficient (Wildman–Crippen LogP) is 3.64. The van der Waals surface area contributed by atoms with Crippen molar-refractivity contribution in [2.24, 2.45) is 0 Å². The van der Waals surface area contributed by atoms with Crippen LogP contribution in [0.5, 0.6) is 0 Å². The molecule has 0 bridgehead atoms. The number of aryl methyl sites for hydroxylation is 1. The minimum Gasteiger partial charge on any atom is -0.398 e. The van der Waals surface area contributed by atoms with E-state index in [1.165, 1.54) is 0 Å². The summed E-state index contributed by atoms with van der Waals surface area (Å²) in [5.74, 6) is 0.578. The molecule has 3 aromatic rings. The third-order valence-corrected chi connectivity index (χ3v) is 4.41. The van der Waals surface area contributed by atoms with Gasteiger partial charge in [-0.15, -0.1) is 5.10 Å². The molecule has 0 spiro atoms. The van der Waals surface area contributed by atoms with Crippen LogP contribution in [0.25, 0.3) is 17.1 Å². The van der Waals surface area contributed by atoms with Crippen molar-refractivity contribution in [2.45, 2.75) is 6.92 Å². The fraction of sp³-hybridized carbons (Fsp3) is 0.0714. The van der Waals surface area contributed by atoms with Crippen LogP contribution in [0.2, 0.25) is 5.02 Å². The van der Waals surface area contributed by atoms with Gasteiger partial charge >= 0.3 is 0 Å². The number of benzene rings is 2. The lowest BCUT2D eigenvalue weighted by molar-refractivity contribution is 0.791. The van der Waals surface area contributed by atoms with Crippen molar-refractivity contribution in [3.8, 4) is 17.1 Å². The van der Waals surface area contributed by atoms with Gasteiger partial charge in [-0.1, -0.05) is 23.7 Å². The van der Waals surface area contributed by atoms with Crippen molar-refractivity contribution in [1.29, 1.82) is 0 Å². The van der Waals surface area contributed by atoms with Crippen molar-refractivity contribution < 1.29 is 0 Å². The van der Waals surface area contributed by atoms with E-state index in [0.717, 1.165) is 21.3 Å². The number of nitrogens with zero attached hydrogens (tertiary/aromatic N) is 4. The first-order valence-corrected chi connectivity index (χ1v) is 7.34. The highest BCUT2D eigenvalue weighted by Crippen LogP contribution is 2.29. The molecule has 1 heterocycles. The summed E-state index contributed by atoms with van der Waals surface area (Å²) in [6.07, 6.45) is 0. The quantitative estimate of drug-likeness (QED) is 0.705. The van der Waals surface area contributed by atoms with Crippen molar-refractivity contribution in [1.82, 2.24) is 20.2 Å². The first-order chi connectivity index (χ1) is 10.1. The smallest absolute Gasteiger partial charge is 0.189 e. The van der Waals surface area contributed by atoms with E-state index >= 15 is 0 Å². The summed E-state index contributed by atoms with van der Waals surface area (Å²) in [5.41, 5.74) is 9.34. The Bertz CT molecular complexity index is 815. The number of aromatic nitrogens is 4. The van der Waals surface area contributed by atoms with E-state index in [9.17, 15) is 0 Å². The molecule has 21 heavy (non-hydrogen) atoms. The van der Waals surface area contributed by atoms with Crippen LogP contribution in [0, 0.1) is 6.92 Å².